The van der Waals surface area contributed by atoms with Crippen molar-refractivity contribution in [2.75, 3.05) is 7.05 Å². The number of nitrogens with one attached hydrogen (secondary N) is 1. The molecular weight excluding hydrogens is 346 g/mol. The molecule has 0 unspecified atom stereocenters. The third kappa shape index (κ3) is 2.92. The quantitative estimate of drug-likeness (QED) is 0.751. The van der Waals surface area contributed by atoms with Gasteiger partial charge in [-0.1, -0.05) is 0 Å². The Labute approximate surface area is 145 Å². The largest absolute Gasteiger partial charge is 0.442 e. The molecule has 0 bridgehead atoms. The third-order valence-corrected chi connectivity index (χ3v) is 6.75. The maximum absolute atomic E-state index is 12.7. The summed E-state index contributed by atoms with van der Waals surface area (Å²) in [7, 11) is -2.13. The Morgan fingerprint density at radius 1 is 1.25 bits per heavy atom. The van der Waals surface area contributed by atoms with E-state index in [1.165, 1.54) is 10.4 Å². The number of hydrogen-bond acceptors (Lipinski definition) is 5. The first-order valence-electron chi connectivity index (χ1n) is 7.42. The van der Waals surface area contributed by atoms with Crippen LogP contribution in [0, 0.1) is 20.8 Å². The number of furan rings is 1. The van der Waals surface area contributed by atoms with Crippen LogP contribution < -0.4 is 0 Å². The number of hydrogen-bond donors (Lipinski definition) is 1. The Balaban J connectivity index is 1.88. The van der Waals surface area contributed by atoms with Gasteiger partial charge in [0.25, 0.3) is 10.0 Å². The zero-order chi connectivity index (χ0) is 17.5. The van der Waals surface area contributed by atoms with Crippen LogP contribution >= 0.6 is 11.3 Å². The van der Waals surface area contributed by atoms with Crippen molar-refractivity contribution in [2.24, 2.45) is 0 Å². The number of nitrogens with zero attached hydrogens (tertiary/aromatic N) is 2. The van der Waals surface area contributed by atoms with Crippen LogP contribution in [0.15, 0.2) is 33.1 Å². The van der Waals surface area contributed by atoms with Gasteiger partial charge in [0.1, 0.15) is 5.69 Å². The molecule has 0 spiro atoms. The van der Waals surface area contributed by atoms with Gasteiger partial charge in [0.05, 0.1) is 0 Å². The summed E-state index contributed by atoms with van der Waals surface area (Å²) in [6.07, 6.45) is 0. The van der Waals surface area contributed by atoms with E-state index < -0.39 is 10.0 Å². The fourth-order valence-corrected chi connectivity index (χ4v) is 4.40. The van der Waals surface area contributed by atoms with Gasteiger partial charge in [-0.25, -0.2) is 8.42 Å². The van der Waals surface area contributed by atoms with Crippen LogP contribution in [0.5, 0.6) is 0 Å². The zero-order valence-corrected chi connectivity index (χ0v) is 15.6. The summed E-state index contributed by atoms with van der Waals surface area (Å²) in [4.78, 5) is 1.02. The van der Waals surface area contributed by atoms with E-state index in [2.05, 4.69) is 10.2 Å². The van der Waals surface area contributed by atoms with E-state index in [4.69, 9.17) is 4.42 Å². The second-order valence-electron chi connectivity index (χ2n) is 5.73. The van der Waals surface area contributed by atoms with Crippen LogP contribution in [0.2, 0.25) is 0 Å². The molecule has 6 nitrogen and oxygen atoms in total. The van der Waals surface area contributed by atoms with Crippen LogP contribution in [0.3, 0.4) is 0 Å². The summed E-state index contributed by atoms with van der Waals surface area (Å²) in [5.41, 5.74) is 3.59. The molecule has 0 aliphatic carbocycles. The first-order valence-corrected chi connectivity index (χ1v) is 9.73. The molecule has 0 aliphatic heterocycles. The third-order valence-electron chi connectivity index (χ3n) is 4.07. The van der Waals surface area contributed by atoms with E-state index in [1.807, 2.05) is 32.2 Å². The van der Waals surface area contributed by atoms with Crippen LogP contribution in [-0.4, -0.2) is 30.0 Å². The Morgan fingerprint density at radius 3 is 2.58 bits per heavy atom. The fourth-order valence-electron chi connectivity index (χ4n) is 2.32. The monoisotopic (exact) mass is 365 g/mol. The van der Waals surface area contributed by atoms with Crippen molar-refractivity contribution in [3.63, 3.8) is 0 Å². The standard InChI is InChI=1S/C16H19N3O3S2/c1-10-7-8-23-14(10)9-19(4)24(20,21)15-6-5-13(22-15)16-11(2)12(3)17-18-16/h5-8H,9H2,1-4H3,(H,17,18). The Kier molecular flexibility index (Phi) is 4.37. The predicted octanol–water partition coefficient (Wildman–Crippen LogP) is 3.48. The summed E-state index contributed by atoms with van der Waals surface area (Å²) in [6, 6.07) is 5.10. The Bertz CT molecular complexity index is 967. The molecule has 0 saturated heterocycles. The molecule has 3 heterocycles. The second kappa shape index (κ2) is 6.19. The summed E-state index contributed by atoms with van der Waals surface area (Å²) in [5.74, 6) is 0.441. The van der Waals surface area contributed by atoms with Gasteiger partial charge < -0.3 is 4.42 Å². The Hall–Kier alpha value is -1.90. The highest BCUT2D eigenvalue weighted by Crippen LogP contribution is 2.29. The van der Waals surface area contributed by atoms with Crippen LogP contribution in [0.4, 0.5) is 0 Å². The molecule has 0 fully saturated rings. The molecule has 24 heavy (non-hydrogen) atoms. The average molecular weight is 365 g/mol. The predicted molar refractivity (Wildman–Crippen MR) is 93.5 cm³/mol. The van der Waals surface area contributed by atoms with E-state index in [0.717, 1.165) is 21.7 Å². The molecule has 0 aliphatic rings. The smallest absolute Gasteiger partial charge is 0.276 e. The van der Waals surface area contributed by atoms with Crippen molar-refractivity contribution in [3.05, 3.63) is 45.3 Å². The van der Waals surface area contributed by atoms with E-state index in [1.54, 1.807) is 24.5 Å². The lowest BCUT2D eigenvalue weighted by Gasteiger charge is -2.15. The first-order chi connectivity index (χ1) is 11.3. The van der Waals surface area contributed by atoms with E-state index in [0.29, 0.717) is 18.0 Å². The number of aromatic amines is 1. The highest BCUT2D eigenvalue weighted by molar-refractivity contribution is 7.89. The maximum atomic E-state index is 12.7. The molecule has 0 radical (unpaired) electrons. The van der Waals surface area contributed by atoms with Crippen LogP contribution in [-0.2, 0) is 16.6 Å². The molecule has 0 atom stereocenters. The maximum Gasteiger partial charge on any atom is 0.276 e. The molecule has 0 amide bonds. The van der Waals surface area contributed by atoms with Gasteiger partial charge in [0.2, 0.25) is 5.09 Å². The van der Waals surface area contributed by atoms with Crippen molar-refractivity contribution < 1.29 is 12.8 Å². The van der Waals surface area contributed by atoms with Gasteiger partial charge >= 0.3 is 0 Å². The second-order valence-corrected chi connectivity index (χ2v) is 8.71. The summed E-state index contributed by atoms with van der Waals surface area (Å²) < 4.78 is 32.3. The number of sulfonamides is 1. The minimum Gasteiger partial charge on any atom is -0.442 e. The molecule has 0 aromatic carbocycles. The average Bonchev–Trinajstić information content (AvgIpc) is 3.23. The lowest BCUT2D eigenvalue weighted by atomic mass is 10.2. The molecular formula is C16H19N3O3S2. The molecule has 1 N–H and O–H groups in total. The minimum atomic E-state index is -3.69. The number of H-pyrrole nitrogens is 1. The van der Waals surface area contributed by atoms with Crippen LogP contribution in [0.1, 0.15) is 21.7 Å². The van der Waals surface area contributed by atoms with Crippen molar-refractivity contribution >= 4 is 21.4 Å². The highest BCUT2D eigenvalue weighted by atomic mass is 32.2. The molecule has 0 saturated carbocycles. The molecule has 3 aromatic heterocycles. The fraction of sp³-hybridized carbons (Fsp3) is 0.312. The van der Waals surface area contributed by atoms with Gasteiger partial charge in [0, 0.05) is 29.7 Å². The number of thiophene rings is 1. The normalized spacial score (nSPS) is 12.2. The van der Waals surface area contributed by atoms with E-state index in [-0.39, 0.29) is 5.09 Å². The van der Waals surface area contributed by atoms with Gasteiger partial charge in [0.15, 0.2) is 5.76 Å². The SMILES string of the molecule is Cc1ccsc1CN(C)S(=O)(=O)c1ccc(-c2n[nH]c(C)c2C)o1. The Morgan fingerprint density at radius 2 is 2.00 bits per heavy atom. The van der Waals surface area contributed by atoms with Gasteiger partial charge in [-0.05, 0) is 49.9 Å². The van der Waals surface area contributed by atoms with Crippen LogP contribution in [0.25, 0.3) is 11.5 Å². The molecule has 8 heteroatoms. The van der Waals surface area contributed by atoms with Crippen molar-refractivity contribution in [3.8, 4) is 11.5 Å². The topological polar surface area (TPSA) is 79.2 Å². The van der Waals surface area contributed by atoms with Gasteiger partial charge in [-0.2, -0.15) is 9.40 Å². The van der Waals surface area contributed by atoms with Crippen molar-refractivity contribution in [2.45, 2.75) is 32.4 Å². The number of aryl methyl sites for hydroxylation is 2. The minimum absolute atomic E-state index is 0.0748. The summed E-state index contributed by atoms with van der Waals surface area (Å²) >= 11 is 1.55. The van der Waals surface area contributed by atoms with Gasteiger partial charge in [-0.3, -0.25) is 5.10 Å². The molecule has 3 rings (SSSR count). The lowest BCUT2D eigenvalue weighted by molar-refractivity contribution is 0.413. The molecule has 128 valence electrons. The summed E-state index contributed by atoms with van der Waals surface area (Å²) in [6.45, 7) is 6.11. The lowest BCUT2D eigenvalue weighted by Crippen LogP contribution is -2.26. The van der Waals surface area contributed by atoms with Crippen molar-refractivity contribution in [1.29, 1.82) is 0 Å². The van der Waals surface area contributed by atoms with Gasteiger partial charge in [-0.15, -0.1) is 11.3 Å². The zero-order valence-electron chi connectivity index (χ0n) is 14.0. The van der Waals surface area contributed by atoms with E-state index in [9.17, 15) is 8.42 Å². The van der Waals surface area contributed by atoms with E-state index >= 15 is 0 Å². The molecule has 3 aromatic rings. The van der Waals surface area contributed by atoms with Crippen molar-refractivity contribution in [1.82, 2.24) is 14.5 Å². The number of rotatable bonds is 5. The number of aromatic nitrogens is 2. The summed E-state index contributed by atoms with van der Waals surface area (Å²) in [5, 5.41) is 8.93. The first kappa shape index (κ1) is 16.9. The highest BCUT2D eigenvalue weighted by Gasteiger charge is 2.26.